The average molecular weight is 517 g/mol. The van der Waals surface area contributed by atoms with Gasteiger partial charge < -0.3 is 24.1 Å². The third-order valence-corrected chi connectivity index (χ3v) is 6.84. The highest BCUT2D eigenvalue weighted by molar-refractivity contribution is 6.62. The molecular weight excluding hydrogens is 477 g/mol. The molecule has 2 amide bonds. The van der Waals surface area contributed by atoms with Gasteiger partial charge in [0.25, 0.3) is 5.91 Å². The molecule has 11 heteroatoms. The summed E-state index contributed by atoms with van der Waals surface area (Å²) in [5.74, 6) is -0.815. The number of nitrogens with one attached hydrogen (secondary N) is 2. The van der Waals surface area contributed by atoms with Gasteiger partial charge >= 0.3 is 19.2 Å². The van der Waals surface area contributed by atoms with Crippen molar-refractivity contribution in [2.24, 2.45) is 0 Å². The van der Waals surface area contributed by atoms with Crippen LogP contribution in [0.3, 0.4) is 0 Å². The third kappa shape index (κ3) is 7.24. The zero-order valence-corrected chi connectivity index (χ0v) is 23.2. The van der Waals surface area contributed by atoms with Gasteiger partial charge in [0.2, 0.25) is 0 Å². The Labute approximate surface area is 219 Å². The van der Waals surface area contributed by atoms with Gasteiger partial charge in [-0.1, -0.05) is 24.3 Å². The number of alkyl carbamates (subject to hydrolysis) is 1. The normalized spacial score (nSPS) is 21.8. The fraction of sp³-hybridized carbons (Fsp3) is 0.654. The molecule has 0 bridgehead atoms. The number of nitrogens with zero attached hydrogens (tertiary/aromatic N) is 1. The number of methoxy groups -OCH3 is 1. The van der Waals surface area contributed by atoms with Crippen molar-refractivity contribution in [3.05, 3.63) is 29.8 Å². The molecule has 2 N–H and O–H groups in total. The number of amides is 2. The Balaban J connectivity index is 1.81. The Morgan fingerprint density at radius 2 is 1.84 bits per heavy atom. The van der Waals surface area contributed by atoms with Gasteiger partial charge in [0.1, 0.15) is 17.7 Å². The van der Waals surface area contributed by atoms with E-state index in [-0.39, 0.29) is 12.3 Å². The number of hydrogen-bond donors (Lipinski definition) is 2. The molecule has 0 saturated carbocycles. The second-order valence-electron chi connectivity index (χ2n) is 11.6. The van der Waals surface area contributed by atoms with Gasteiger partial charge in [0, 0.05) is 13.0 Å². The smallest absolute Gasteiger partial charge is 0.468 e. The van der Waals surface area contributed by atoms with Crippen LogP contribution in [0, 0.1) is 0 Å². The average Bonchev–Trinajstić information content (AvgIpc) is 3.03. The van der Waals surface area contributed by atoms with Crippen molar-refractivity contribution >= 4 is 30.6 Å². The number of ether oxygens (including phenoxy) is 2. The molecule has 0 spiro atoms. The molecule has 10 nitrogen and oxygen atoms in total. The highest BCUT2D eigenvalue weighted by atomic mass is 16.7. The maximum Gasteiger partial charge on any atom is 0.494 e. The lowest BCUT2D eigenvalue weighted by Crippen LogP contribution is -2.60. The summed E-state index contributed by atoms with van der Waals surface area (Å²) >= 11 is 0. The van der Waals surface area contributed by atoms with Crippen LogP contribution < -0.4 is 16.2 Å². The van der Waals surface area contributed by atoms with Crippen LogP contribution in [0.5, 0.6) is 0 Å². The van der Waals surface area contributed by atoms with Gasteiger partial charge in [-0.3, -0.25) is 14.6 Å². The Morgan fingerprint density at radius 1 is 1.19 bits per heavy atom. The van der Waals surface area contributed by atoms with Crippen LogP contribution in [0.15, 0.2) is 24.3 Å². The van der Waals surface area contributed by atoms with Crippen molar-refractivity contribution in [1.29, 1.82) is 0 Å². The molecule has 0 aliphatic carbocycles. The molecule has 1 aromatic carbocycles. The summed E-state index contributed by atoms with van der Waals surface area (Å²) in [4.78, 5) is 38.3. The molecule has 2 aliphatic rings. The predicted molar refractivity (Wildman–Crippen MR) is 139 cm³/mol. The first-order chi connectivity index (χ1) is 17.1. The van der Waals surface area contributed by atoms with Crippen molar-refractivity contribution in [3.63, 3.8) is 0 Å². The number of hydrogen-bond acceptors (Lipinski definition) is 8. The first-order valence-electron chi connectivity index (χ1n) is 12.7. The minimum absolute atomic E-state index is 0.201. The molecule has 2 unspecified atom stereocenters. The molecule has 0 radical (unpaired) electrons. The molecular formula is C26H40BN3O7. The van der Waals surface area contributed by atoms with Crippen LogP contribution >= 0.6 is 0 Å². The van der Waals surface area contributed by atoms with E-state index in [2.05, 4.69) is 10.7 Å². The lowest BCUT2D eigenvalue weighted by atomic mass is 9.78. The molecule has 37 heavy (non-hydrogen) atoms. The van der Waals surface area contributed by atoms with Crippen molar-refractivity contribution < 1.29 is 33.2 Å². The van der Waals surface area contributed by atoms with Crippen LogP contribution in [0.2, 0.25) is 0 Å². The van der Waals surface area contributed by atoms with Crippen LogP contribution in [0.4, 0.5) is 4.79 Å². The molecule has 2 atom stereocenters. The monoisotopic (exact) mass is 517 g/mol. The van der Waals surface area contributed by atoms with E-state index >= 15 is 0 Å². The van der Waals surface area contributed by atoms with Gasteiger partial charge in [-0.25, -0.2) is 10.2 Å². The Morgan fingerprint density at radius 3 is 2.43 bits per heavy atom. The van der Waals surface area contributed by atoms with Crippen molar-refractivity contribution in [2.75, 3.05) is 13.7 Å². The van der Waals surface area contributed by atoms with E-state index in [1.807, 2.05) is 52.0 Å². The van der Waals surface area contributed by atoms with Gasteiger partial charge in [-0.2, -0.15) is 0 Å². The number of carbonyl (C=O) groups is 3. The Hall–Kier alpha value is -2.63. The van der Waals surface area contributed by atoms with Gasteiger partial charge in [-0.15, -0.1) is 0 Å². The Bertz CT molecular complexity index is 992. The second-order valence-corrected chi connectivity index (χ2v) is 11.6. The van der Waals surface area contributed by atoms with Crippen LogP contribution in [-0.4, -0.2) is 72.6 Å². The van der Waals surface area contributed by atoms with E-state index < -0.39 is 48.1 Å². The first kappa shape index (κ1) is 28.9. The van der Waals surface area contributed by atoms with E-state index in [0.717, 1.165) is 11.0 Å². The van der Waals surface area contributed by atoms with E-state index in [1.165, 1.54) is 12.1 Å². The third-order valence-electron chi connectivity index (χ3n) is 6.84. The summed E-state index contributed by atoms with van der Waals surface area (Å²) in [6.45, 7) is 13.6. The summed E-state index contributed by atoms with van der Waals surface area (Å²) < 4.78 is 22.6. The number of hydrazine groups is 1. The molecule has 2 aliphatic heterocycles. The summed E-state index contributed by atoms with van der Waals surface area (Å²) in [6.07, 6.45) is 0.674. The van der Waals surface area contributed by atoms with Gasteiger partial charge in [-0.05, 0) is 72.3 Å². The topological polar surface area (TPSA) is 115 Å². The Kier molecular flexibility index (Phi) is 8.61. The fourth-order valence-electron chi connectivity index (χ4n) is 4.18. The fourth-order valence-corrected chi connectivity index (χ4v) is 4.18. The summed E-state index contributed by atoms with van der Waals surface area (Å²) in [6, 6.07) is 6.02. The highest BCUT2D eigenvalue weighted by Crippen LogP contribution is 2.36. The number of benzene rings is 1. The number of rotatable bonds is 6. The predicted octanol–water partition coefficient (Wildman–Crippen LogP) is 2.09. The second kappa shape index (κ2) is 11.0. The zero-order valence-electron chi connectivity index (χ0n) is 23.2. The summed E-state index contributed by atoms with van der Waals surface area (Å²) in [5, 5.41) is 4.10. The van der Waals surface area contributed by atoms with Gasteiger partial charge in [0.05, 0.1) is 18.3 Å². The van der Waals surface area contributed by atoms with E-state index in [9.17, 15) is 14.4 Å². The first-order valence-corrected chi connectivity index (χ1v) is 12.7. The minimum atomic E-state index is -0.938. The van der Waals surface area contributed by atoms with Crippen LogP contribution in [0.1, 0.15) is 66.9 Å². The molecule has 2 fully saturated rings. The van der Waals surface area contributed by atoms with Crippen LogP contribution in [0.25, 0.3) is 0 Å². The minimum Gasteiger partial charge on any atom is -0.468 e. The van der Waals surface area contributed by atoms with Crippen LogP contribution in [-0.2, 0) is 34.8 Å². The quantitative estimate of drug-likeness (QED) is 0.436. The van der Waals surface area contributed by atoms with Crippen molar-refractivity contribution in [1.82, 2.24) is 15.8 Å². The maximum absolute atomic E-state index is 13.6. The molecule has 3 rings (SSSR count). The molecule has 2 saturated heterocycles. The van der Waals surface area contributed by atoms with E-state index in [0.29, 0.717) is 19.4 Å². The number of carbonyl (C=O) groups excluding carboxylic acids is 3. The molecule has 204 valence electrons. The standard InChI is InChI=1S/C26H40BN3O7/c1-24(2,3)35-23(33)28-20(21(31)30-14-10-13-19(29-30)22(32)34-8)16-17-11-9-12-18(15-17)27-36-25(4,5)26(6,7)37-27/h9,11-12,15,19-20,29H,10,13-14,16H2,1-8H3,(H,28,33). The van der Waals surface area contributed by atoms with Crippen molar-refractivity contribution in [2.45, 2.75) is 96.6 Å². The lowest BCUT2D eigenvalue weighted by Gasteiger charge is -2.35. The van der Waals surface area contributed by atoms with Gasteiger partial charge in [0.15, 0.2) is 0 Å². The summed E-state index contributed by atoms with van der Waals surface area (Å²) in [7, 11) is 0.757. The zero-order chi connectivity index (χ0) is 27.6. The van der Waals surface area contributed by atoms with E-state index in [1.54, 1.807) is 20.8 Å². The molecule has 2 heterocycles. The maximum atomic E-state index is 13.6. The molecule has 1 aromatic rings. The van der Waals surface area contributed by atoms with Crippen molar-refractivity contribution in [3.8, 4) is 0 Å². The largest absolute Gasteiger partial charge is 0.494 e. The summed E-state index contributed by atoms with van der Waals surface area (Å²) in [5.41, 5.74) is 2.87. The van der Waals surface area contributed by atoms with E-state index in [4.69, 9.17) is 18.8 Å². The highest BCUT2D eigenvalue weighted by Gasteiger charge is 2.51. The SMILES string of the molecule is COC(=O)C1CCCN(C(=O)C(Cc2cccc(B3OC(C)(C)C(C)(C)O3)c2)NC(=O)OC(C)(C)C)N1. The molecule has 0 aromatic heterocycles. The lowest BCUT2D eigenvalue weighted by molar-refractivity contribution is -0.150. The number of esters is 1.